The van der Waals surface area contributed by atoms with E-state index in [1.54, 1.807) is 6.08 Å². The first kappa shape index (κ1) is 86.6. The molecule has 544 valence electrons. The van der Waals surface area contributed by atoms with E-state index in [4.69, 9.17) is 18.9 Å². The highest BCUT2D eigenvalue weighted by molar-refractivity contribution is 5.76. The molecule has 0 saturated carbocycles. The lowest BCUT2D eigenvalue weighted by molar-refractivity contribution is -0.359. The number of ether oxygens (including phenoxy) is 4. The van der Waals surface area contributed by atoms with Crippen molar-refractivity contribution in [3.63, 3.8) is 0 Å². The van der Waals surface area contributed by atoms with Crippen LogP contribution in [-0.4, -0.2) is 140 Å². The van der Waals surface area contributed by atoms with Crippen molar-refractivity contribution < 1.29 is 64.6 Å². The number of carbonyl (C=O) groups excluding carboxylic acids is 1. The van der Waals surface area contributed by atoms with Crippen molar-refractivity contribution in [1.82, 2.24) is 5.32 Å². The van der Waals surface area contributed by atoms with Gasteiger partial charge in [0.15, 0.2) is 12.6 Å². The van der Waals surface area contributed by atoms with E-state index < -0.39 is 86.8 Å². The maximum absolute atomic E-state index is 13.4. The summed E-state index contributed by atoms with van der Waals surface area (Å²) in [6.07, 6.45) is 64.1. The molecular formula is C78H149NO13. The third-order valence-corrected chi connectivity index (χ3v) is 19.6. The fourth-order valence-electron chi connectivity index (χ4n) is 13.4. The maximum Gasteiger partial charge on any atom is 0.220 e. The molecule has 12 atom stereocenters. The lowest BCUT2D eigenvalue weighted by Gasteiger charge is -2.46. The number of aliphatic hydroxyl groups is 8. The lowest BCUT2D eigenvalue weighted by Crippen LogP contribution is -2.65. The van der Waals surface area contributed by atoms with Crippen molar-refractivity contribution in [2.45, 2.75) is 447 Å². The highest BCUT2D eigenvalue weighted by atomic mass is 16.7. The van der Waals surface area contributed by atoms with E-state index in [2.05, 4.69) is 31.3 Å². The number of amides is 1. The Morgan fingerprint density at radius 2 is 0.696 bits per heavy atom. The average molecular weight is 1310 g/mol. The van der Waals surface area contributed by atoms with Crippen LogP contribution in [0.4, 0.5) is 0 Å². The first-order chi connectivity index (χ1) is 45.1. The monoisotopic (exact) mass is 1310 g/mol. The number of hydrogen-bond acceptors (Lipinski definition) is 13. The van der Waals surface area contributed by atoms with Crippen LogP contribution in [0.2, 0.25) is 0 Å². The van der Waals surface area contributed by atoms with Gasteiger partial charge in [-0.25, -0.2) is 0 Å². The van der Waals surface area contributed by atoms with E-state index >= 15 is 0 Å². The van der Waals surface area contributed by atoms with Gasteiger partial charge in [0.2, 0.25) is 5.91 Å². The van der Waals surface area contributed by atoms with Gasteiger partial charge >= 0.3 is 0 Å². The summed E-state index contributed by atoms with van der Waals surface area (Å²) >= 11 is 0. The van der Waals surface area contributed by atoms with E-state index in [0.717, 1.165) is 32.1 Å². The van der Waals surface area contributed by atoms with E-state index in [-0.39, 0.29) is 18.9 Å². The Morgan fingerprint density at radius 3 is 1.07 bits per heavy atom. The molecule has 92 heavy (non-hydrogen) atoms. The topological polar surface area (TPSA) is 228 Å². The summed E-state index contributed by atoms with van der Waals surface area (Å²) in [4.78, 5) is 13.4. The van der Waals surface area contributed by atoms with Crippen LogP contribution < -0.4 is 5.32 Å². The van der Waals surface area contributed by atoms with Gasteiger partial charge in [0.25, 0.3) is 0 Å². The van der Waals surface area contributed by atoms with Crippen LogP contribution in [0.3, 0.4) is 0 Å². The second kappa shape index (κ2) is 63.0. The first-order valence-electron chi connectivity index (χ1n) is 39.6. The molecule has 2 aliphatic rings. The van der Waals surface area contributed by atoms with E-state index in [1.807, 2.05) is 6.08 Å². The molecule has 2 saturated heterocycles. The van der Waals surface area contributed by atoms with Gasteiger partial charge in [0, 0.05) is 6.42 Å². The largest absolute Gasteiger partial charge is 0.394 e. The quantitative estimate of drug-likeness (QED) is 0.0204. The number of hydrogen-bond donors (Lipinski definition) is 9. The van der Waals surface area contributed by atoms with E-state index in [9.17, 15) is 45.6 Å². The van der Waals surface area contributed by atoms with E-state index in [1.165, 1.54) is 308 Å². The molecule has 2 fully saturated rings. The Balaban J connectivity index is 1.63. The average Bonchev–Trinajstić information content (AvgIpc) is 0.940. The molecule has 9 N–H and O–H groups in total. The molecule has 14 nitrogen and oxygen atoms in total. The first-order valence-corrected chi connectivity index (χ1v) is 39.6. The Bertz CT molecular complexity index is 1640. The Hall–Kier alpha value is -1.53. The molecule has 0 aromatic heterocycles. The highest BCUT2D eigenvalue weighted by Gasteiger charge is 2.51. The Kier molecular flexibility index (Phi) is 59.2. The van der Waals surface area contributed by atoms with Crippen molar-refractivity contribution >= 4 is 5.91 Å². The van der Waals surface area contributed by atoms with Crippen LogP contribution in [0.5, 0.6) is 0 Å². The van der Waals surface area contributed by atoms with Gasteiger partial charge < -0.3 is 65.1 Å². The molecule has 1 amide bonds. The van der Waals surface area contributed by atoms with Crippen molar-refractivity contribution in [3.8, 4) is 0 Å². The maximum atomic E-state index is 13.4. The molecule has 12 unspecified atom stereocenters. The third kappa shape index (κ3) is 45.9. The lowest BCUT2D eigenvalue weighted by atomic mass is 9.97. The summed E-state index contributed by atoms with van der Waals surface area (Å²) in [7, 11) is 0. The van der Waals surface area contributed by atoms with Gasteiger partial charge in [-0.1, -0.05) is 359 Å². The van der Waals surface area contributed by atoms with Crippen molar-refractivity contribution in [3.05, 3.63) is 24.3 Å². The molecule has 14 heteroatoms. The van der Waals surface area contributed by atoms with Gasteiger partial charge in [0.1, 0.15) is 48.8 Å². The predicted octanol–water partition coefficient (Wildman–Crippen LogP) is 17.5. The number of allylic oxidation sites excluding steroid dienone is 3. The fourth-order valence-corrected chi connectivity index (χ4v) is 13.4. The summed E-state index contributed by atoms with van der Waals surface area (Å²) in [5, 5.41) is 87.6. The number of rotatable bonds is 67. The highest BCUT2D eigenvalue weighted by Crippen LogP contribution is 2.30. The van der Waals surface area contributed by atoms with Gasteiger partial charge in [-0.05, 0) is 32.1 Å². The fraction of sp³-hybridized carbons (Fsp3) is 0.936. The minimum Gasteiger partial charge on any atom is -0.394 e. The second-order valence-electron chi connectivity index (χ2n) is 28.2. The van der Waals surface area contributed by atoms with Crippen LogP contribution in [0.15, 0.2) is 24.3 Å². The van der Waals surface area contributed by atoms with Gasteiger partial charge in [-0.15, -0.1) is 0 Å². The zero-order valence-electron chi connectivity index (χ0n) is 59.6. The van der Waals surface area contributed by atoms with Crippen LogP contribution in [-0.2, 0) is 23.7 Å². The second-order valence-corrected chi connectivity index (χ2v) is 28.2. The smallest absolute Gasteiger partial charge is 0.220 e. The van der Waals surface area contributed by atoms with E-state index in [0.29, 0.717) is 12.8 Å². The number of nitrogens with one attached hydrogen (secondary N) is 1. The molecular weight excluding hydrogens is 1160 g/mol. The molecule has 0 radical (unpaired) electrons. The molecule has 0 aliphatic carbocycles. The van der Waals surface area contributed by atoms with Crippen molar-refractivity contribution in [2.24, 2.45) is 0 Å². The molecule has 2 heterocycles. The van der Waals surface area contributed by atoms with Crippen LogP contribution in [0.25, 0.3) is 0 Å². The molecule has 0 spiro atoms. The SMILES string of the molecule is CCCCCCCCCCCCCCCCCCCCCCCCCCCCC/C=C/CC/C=C/C(O)C(COC1OC(CO)C(OC2OC(CO)C(O)C(O)C2O)C(O)C1O)NC(=O)CCCCCCCCCCCCCCCCCCCCCCCCCCC. The Labute approximate surface area is 564 Å². The zero-order valence-corrected chi connectivity index (χ0v) is 59.6. The van der Waals surface area contributed by atoms with Crippen LogP contribution in [0.1, 0.15) is 373 Å². The van der Waals surface area contributed by atoms with Crippen molar-refractivity contribution in [2.75, 3.05) is 19.8 Å². The summed E-state index contributed by atoms with van der Waals surface area (Å²) in [5.74, 6) is -0.240. The van der Waals surface area contributed by atoms with Crippen molar-refractivity contribution in [1.29, 1.82) is 0 Å². The summed E-state index contributed by atoms with van der Waals surface area (Å²) in [6.45, 7) is 2.85. The van der Waals surface area contributed by atoms with Crippen LogP contribution in [0, 0.1) is 0 Å². The number of unbranched alkanes of at least 4 members (excludes halogenated alkanes) is 52. The molecule has 0 aromatic rings. The minimum atomic E-state index is -1.79. The minimum absolute atomic E-state index is 0.240. The van der Waals surface area contributed by atoms with Gasteiger partial charge in [-0.3, -0.25) is 4.79 Å². The molecule has 0 aromatic carbocycles. The normalized spacial score (nSPS) is 22.7. The number of aliphatic hydroxyl groups excluding tert-OH is 8. The molecule has 0 bridgehead atoms. The van der Waals surface area contributed by atoms with Crippen LogP contribution >= 0.6 is 0 Å². The standard InChI is InChI=1S/C78H149NO13/c1-3-5-7-9-11-13-15-17-19-21-23-25-27-29-30-31-32-33-34-35-36-38-39-41-43-45-47-49-51-53-55-57-59-61-67(82)66(65-89-77-75(88)73(86)76(69(64-81)91-77)92-78-74(87)72(85)71(84)68(63-80)90-78)79-70(83)62-60-58-56-54-52-50-48-46-44-42-40-37-28-26-24-22-20-18-16-14-12-10-8-6-4-2/h51,53,59,61,66-69,71-78,80-82,84-88H,3-50,52,54-58,60,62-65H2,1-2H3,(H,79,83)/b53-51+,61-59+. The summed E-state index contributed by atoms with van der Waals surface area (Å²) < 4.78 is 22.9. The summed E-state index contributed by atoms with van der Waals surface area (Å²) in [5.41, 5.74) is 0. The summed E-state index contributed by atoms with van der Waals surface area (Å²) in [6, 6.07) is -0.930. The third-order valence-electron chi connectivity index (χ3n) is 19.6. The predicted molar refractivity (Wildman–Crippen MR) is 378 cm³/mol. The Morgan fingerprint density at radius 1 is 0.380 bits per heavy atom. The number of carbonyl (C=O) groups is 1. The van der Waals surface area contributed by atoms with Gasteiger partial charge in [0.05, 0.1) is 32.0 Å². The molecule has 2 aliphatic heterocycles. The zero-order chi connectivity index (χ0) is 66.6. The van der Waals surface area contributed by atoms with Gasteiger partial charge in [-0.2, -0.15) is 0 Å². The molecule has 2 rings (SSSR count).